The van der Waals surface area contributed by atoms with Gasteiger partial charge in [-0.1, -0.05) is 98.8 Å². The number of hydrogen-bond donors (Lipinski definition) is 0. The number of rotatable bonds is 3. The zero-order valence-corrected chi connectivity index (χ0v) is 22.0. The van der Waals surface area contributed by atoms with Crippen LogP contribution in [0.1, 0.15) is 25.1 Å². The molecule has 7 aromatic rings. The lowest BCUT2D eigenvalue weighted by Crippen LogP contribution is -2.19. The first kappa shape index (κ1) is 22.1. The highest BCUT2D eigenvalue weighted by Gasteiger charge is 2.40. The Balaban J connectivity index is 1.40. The molecule has 0 radical (unpaired) electrons. The van der Waals surface area contributed by atoms with E-state index in [9.17, 15) is 0 Å². The third kappa shape index (κ3) is 3.07. The van der Waals surface area contributed by atoms with Gasteiger partial charge in [0.25, 0.3) is 0 Å². The van der Waals surface area contributed by atoms with Crippen molar-refractivity contribution < 1.29 is 0 Å². The second-order valence-electron chi connectivity index (χ2n) is 10.9. The van der Waals surface area contributed by atoms with Gasteiger partial charge in [0, 0.05) is 39.0 Å². The molecule has 0 aliphatic heterocycles. The third-order valence-corrected chi connectivity index (χ3v) is 8.27. The molecule has 0 bridgehead atoms. The largest absolute Gasteiger partial charge is 0.312 e. The number of fused-ring (bicyclic) bond motifs is 6. The molecule has 1 aliphatic carbocycles. The van der Waals surface area contributed by atoms with E-state index in [-0.39, 0.29) is 5.41 Å². The van der Waals surface area contributed by atoms with Crippen LogP contribution in [-0.4, -0.2) is 14.1 Å². The van der Waals surface area contributed by atoms with Crippen LogP contribution in [0.25, 0.3) is 55.8 Å². The van der Waals surface area contributed by atoms with Crippen molar-refractivity contribution in [2.75, 3.05) is 0 Å². The second kappa shape index (κ2) is 8.05. The number of benzene rings is 5. The van der Waals surface area contributed by atoms with Gasteiger partial charge >= 0.3 is 0 Å². The molecule has 8 rings (SSSR count). The van der Waals surface area contributed by atoms with E-state index in [1.54, 1.807) is 0 Å². The van der Waals surface area contributed by atoms with Crippen LogP contribution in [0.5, 0.6) is 0 Å². The lowest BCUT2D eigenvalue weighted by molar-refractivity contribution is 0.624. The molecule has 186 valence electrons. The lowest BCUT2D eigenvalue weighted by Gasteiger charge is -2.24. The van der Waals surface area contributed by atoms with Crippen molar-refractivity contribution in [2.24, 2.45) is 0 Å². The summed E-state index contributed by atoms with van der Waals surface area (Å²) < 4.78 is 4.75. The number of nitrogens with zero attached hydrogens (tertiary/aromatic N) is 3. The topological polar surface area (TPSA) is 22.8 Å². The summed E-state index contributed by atoms with van der Waals surface area (Å²) in [5.74, 6) is 0.944. The molecule has 1 aliphatic rings. The number of hydrogen-bond acceptors (Lipinski definition) is 1. The number of imidazole rings is 1. The maximum Gasteiger partial charge on any atom is 0.145 e. The lowest BCUT2D eigenvalue weighted by atomic mass is 9.85. The molecule has 0 saturated heterocycles. The van der Waals surface area contributed by atoms with Crippen molar-refractivity contribution >= 4 is 21.9 Å². The van der Waals surface area contributed by atoms with E-state index in [2.05, 4.69) is 150 Å². The standard InChI is InChI=1S/C36H27N3/c1-36(2)29-19-8-6-17-27(29)33-28-18-7-10-21-31(28)38(34(33)36)26-16-12-13-24(23-26)35-37-30-20-9-11-22-32(30)39(35)25-14-4-3-5-15-25/h3-23H,1-2H3. The van der Waals surface area contributed by atoms with Crippen LogP contribution in [0, 0.1) is 0 Å². The van der Waals surface area contributed by atoms with Crippen LogP contribution in [0.3, 0.4) is 0 Å². The minimum absolute atomic E-state index is 0.127. The molecule has 5 aromatic carbocycles. The monoisotopic (exact) mass is 501 g/mol. The summed E-state index contributed by atoms with van der Waals surface area (Å²) in [6.45, 7) is 4.71. The van der Waals surface area contributed by atoms with Gasteiger partial charge in [-0.15, -0.1) is 0 Å². The Morgan fingerprint density at radius 3 is 2.15 bits per heavy atom. The van der Waals surface area contributed by atoms with Gasteiger partial charge in [0.1, 0.15) is 5.82 Å². The van der Waals surface area contributed by atoms with E-state index in [1.807, 2.05) is 0 Å². The molecule has 0 saturated carbocycles. The average molecular weight is 502 g/mol. The molecule has 0 spiro atoms. The quantitative estimate of drug-likeness (QED) is 0.237. The zero-order valence-electron chi connectivity index (χ0n) is 22.0. The smallest absolute Gasteiger partial charge is 0.145 e. The van der Waals surface area contributed by atoms with Gasteiger partial charge in [-0.2, -0.15) is 0 Å². The van der Waals surface area contributed by atoms with E-state index >= 15 is 0 Å². The van der Waals surface area contributed by atoms with Gasteiger partial charge in [-0.3, -0.25) is 4.57 Å². The summed E-state index contributed by atoms with van der Waals surface area (Å²) in [5.41, 5.74) is 12.0. The molecule has 2 aromatic heterocycles. The second-order valence-corrected chi connectivity index (χ2v) is 10.9. The van der Waals surface area contributed by atoms with Crippen molar-refractivity contribution in [1.82, 2.24) is 14.1 Å². The molecule has 0 fully saturated rings. The average Bonchev–Trinajstić information content (AvgIpc) is 3.61. The summed E-state index contributed by atoms with van der Waals surface area (Å²) in [6, 6.07) is 45.4. The fourth-order valence-corrected chi connectivity index (χ4v) is 6.59. The maximum absolute atomic E-state index is 5.13. The molecule has 3 nitrogen and oxygen atoms in total. The van der Waals surface area contributed by atoms with Crippen LogP contribution in [0.4, 0.5) is 0 Å². The first-order chi connectivity index (χ1) is 19.1. The van der Waals surface area contributed by atoms with Crippen molar-refractivity contribution in [1.29, 1.82) is 0 Å². The van der Waals surface area contributed by atoms with Crippen molar-refractivity contribution in [3.8, 4) is 33.9 Å². The Kier molecular flexibility index (Phi) is 4.57. The van der Waals surface area contributed by atoms with E-state index in [0.29, 0.717) is 0 Å². The van der Waals surface area contributed by atoms with Gasteiger partial charge in [-0.05, 0) is 53.6 Å². The highest BCUT2D eigenvalue weighted by molar-refractivity contribution is 6.03. The Morgan fingerprint density at radius 1 is 0.590 bits per heavy atom. The van der Waals surface area contributed by atoms with E-state index in [4.69, 9.17) is 4.98 Å². The summed E-state index contributed by atoms with van der Waals surface area (Å²) in [4.78, 5) is 5.13. The van der Waals surface area contributed by atoms with Crippen molar-refractivity contribution in [3.63, 3.8) is 0 Å². The first-order valence-corrected chi connectivity index (χ1v) is 13.5. The molecule has 0 atom stereocenters. The highest BCUT2D eigenvalue weighted by atomic mass is 15.1. The van der Waals surface area contributed by atoms with E-state index in [0.717, 1.165) is 33.8 Å². The fourth-order valence-electron chi connectivity index (χ4n) is 6.59. The highest BCUT2D eigenvalue weighted by Crippen LogP contribution is 2.53. The Labute approximate surface area is 227 Å². The zero-order chi connectivity index (χ0) is 26.1. The van der Waals surface area contributed by atoms with Gasteiger partial charge in [-0.25, -0.2) is 4.98 Å². The summed E-state index contributed by atoms with van der Waals surface area (Å²) in [7, 11) is 0. The minimum Gasteiger partial charge on any atom is -0.312 e. The van der Waals surface area contributed by atoms with Crippen molar-refractivity contribution in [2.45, 2.75) is 19.3 Å². The van der Waals surface area contributed by atoms with Gasteiger partial charge in [0.15, 0.2) is 0 Å². The number of para-hydroxylation sites is 4. The molecule has 0 N–H and O–H groups in total. The van der Waals surface area contributed by atoms with Gasteiger partial charge < -0.3 is 4.57 Å². The minimum atomic E-state index is -0.127. The summed E-state index contributed by atoms with van der Waals surface area (Å²) in [6.07, 6.45) is 0. The Hall–Kier alpha value is -4.89. The van der Waals surface area contributed by atoms with Gasteiger partial charge in [0.2, 0.25) is 0 Å². The summed E-state index contributed by atoms with van der Waals surface area (Å²) in [5, 5.41) is 1.30. The molecule has 0 unspecified atom stereocenters. The predicted molar refractivity (Wildman–Crippen MR) is 161 cm³/mol. The molecular formula is C36H27N3. The summed E-state index contributed by atoms with van der Waals surface area (Å²) >= 11 is 0. The van der Waals surface area contributed by atoms with Crippen LogP contribution in [0.2, 0.25) is 0 Å². The van der Waals surface area contributed by atoms with Crippen LogP contribution in [-0.2, 0) is 5.41 Å². The fraction of sp³-hybridized carbons (Fsp3) is 0.0833. The van der Waals surface area contributed by atoms with E-state index < -0.39 is 0 Å². The Morgan fingerprint density at radius 2 is 1.28 bits per heavy atom. The van der Waals surface area contributed by atoms with Crippen LogP contribution < -0.4 is 0 Å². The maximum atomic E-state index is 5.13. The first-order valence-electron chi connectivity index (χ1n) is 13.5. The Bertz CT molecular complexity index is 2040. The predicted octanol–water partition coefficient (Wildman–Crippen LogP) is 8.94. The third-order valence-electron chi connectivity index (χ3n) is 8.27. The van der Waals surface area contributed by atoms with Crippen LogP contribution >= 0.6 is 0 Å². The molecular weight excluding hydrogens is 474 g/mol. The van der Waals surface area contributed by atoms with Crippen molar-refractivity contribution in [3.05, 3.63) is 139 Å². The van der Waals surface area contributed by atoms with E-state index in [1.165, 1.54) is 33.3 Å². The number of aromatic nitrogens is 3. The van der Waals surface area contributed by atoms with Gasteiger partial charge in [0.05, 0.1) is 16.6 Å². The molecule has 39 heavy (non-hydrogen) atoms. The molecule has 0 amide bonds. The SMILES string of the molecule is CC1(C)c2ccccc2-c2c1n(-c1cccc(-c3nc4ccccc4n3-c3ccccc3)c1)c1ccccc21. The normalized spacial score (nSPS) is 13.6. The molecule has 2 heterocycles. The molecule has 3 heteroatoms. The van der Waals surface area contributed by atoms with Crippen LogP contribution in [0.15, 0.2) is 127 Å².